The molecular formula is C31H38FN3O6S. The van der Waals surface area contributed by atoms with E-state index in [9.17, 15) is 22.4 Å². The minimum absolute atomic E-state index is 0.0509. The number of anilines is 1. The van der Waals surface area contributed by atoms with E-state index in [-0.39, 0.29) is 30.3 Å². The summed E-state index contributed by atoms with van der Waals surface area (Å²) >= 11 is 0. The lowest BCUT2D eigenvalue weighted by atomic mass is 10.0. The van der Waals surface area contributed by atoms with Crippen molar-refractivity contribution in [2.45, 2.75) is 38.8 Å². The van der Waals surface area contributed by atoms with Gasteiger partial charge in [0.05, 0.1) is 26.2 Å². The number of rotatable bonds is 15. The fraction of sp³-hybridized carbons (Fsp3) is 0.355. The maximum absolute atomic E-state index is 14.2. The Kier molecular flexibility index (Phi) is 11.7. The van der Waals surface area contributed by atoms with Crippen molar-refractivity contribution < 1.29 is 31.9 Å². The largest absolute Gasteiger partial charge is 0.497 e. The van der Waals surface area contributed by atoms with Crippen molar-refractivity contribution in [3.8, 4) is 11.5 Å². The van der Waals surface area contributed by atoms with E-state index in [0.29, 0.717) is 17.9 Å². The number of ether oxygens (including phenoxy) is 2. The van der Waals surface area contributed by atoms with Gasteiger partial charge in [-0.1, -0.05) is 55.8 Å². The van der Waals surface area contributed by atoms with Crippen LogP contribution in [0.25, 0.3) is 0 Å². The highest BCUT2D eigenvalue weighted by atomic mass is 32.2. The molecular weight excluding hydrogens is 561 g/mol. The highest BCUT2D eigenvalue weighted by molar-refractivity contribution is 7.92. The third-order valence-corrected chi connectivity index (χ3v) is 7.83. The van der Waals surface area contributed by atoms with Crippen LogP contribution in [0.5, 0.6) is 11.5 Å². The van der Waals surface area contributed by atoms with Crippen molar-refractivity contribution in [2.24, 2.45) is 0 Å². The van der Waals surface area contributed by atoms with E-state index in [0.717, 1.165) is 29.0 Å². The van der Waals surface area contributed by atoms with E-state index in [1.54, 1.807) is 12.1 Å². The number of nitrogens with zero attached hydrogens (tertiary/aromatic N) is 2. The summed E-state index contributed by atoms with van der Waals surface area (Å²) in [4.78, 5) is 29.1. The van der Waals surface area contributed by atoms with Crippen LogP contribution < -0.4 is 19.1 Å². The van der Waals surface area contributed by atoms with E-state index in [1.807, 2.05) is 37.3 Å². The summed E-state index contributed by atoms with van der Waals surface area (Å²) < 4.78 is 51.5. The van der Waals surface area contributed by atoms with Crippen LogP contribution in [0.1, 0.15) is 30.9 Å². The highest BCUT2D eigenvalue weighted by Crippen LogP contribution is 2.34. The molecule has 0 bridgehead atoms. The zero-order valence-corrected chi connectivity index (χ0v) is 25.2. The number of methoxy groups -OCH3 is 2. The molecule has 226 valence electrons. The number of halogens is 1. The van der Waals surface area contributed by atoms with Gasteiger partial charge in [0, 0.05) is 25.6 Å². The second-order valence-electron chi connectivity index (χ2n) is 9.81. The van der Waals surface area contributed by atoms with Gasteiger partial charge in [-0.15, -0.1) is 0 Å². The van der Waals surface area contributed by atoms with Crippen LogP contribution in [0.4, 0.5) is 10.1 Å². The molecule has 1 atom stereocenters. The molecule has 42 heavy (non-hydrogen) atoms. The van der Waals surface area contributed by atoms with Crippen LogP contribution in [0.3, 0.4) is 0 Å². The summed E-state index contributed by atoms with van der Waals surface area (Å²) in [6, 6.07) is 18.5. The number of hydrogen-bond donors (Lipinski definition) is 1. The molecule has 0 radical (unpaired) electrons. The molecule has 1 N–H and O–H groups in total. The predicted octanol–water partition coefficient (Wildman–Crippen LogP) is 4.17. The van der Waals surface area contributed by atoms with Crippen LogP contribution in [0.2, 0.25) is 0 Å². The van der Waals surface area contributed by atoms with Gasteiger partial charge in [0.25, 0.3) is 0 Å². The normalized spacial score (nSPS) is 11.8. The molecule has 0 aliphatic rings. The lowest BCUT2D eigenvalue weighted by Crippen LogP contribution is -2.53. The van der Waals surface area contributed by atoms with Crippen LogP contribution in [0.15, 0.2) is 72.8 Å². The lowest BCUT2D eigenvalue weighted by molar-refractivity contribution is -0.140. The molecule has 0 fully saturated rings. The van der Waals surface area contributed by atoms with Gasteiger partial charge in [-0.05, 0) is 41.8 Å². The number of benzene rings is 3. The number of sulfonamides is 1. The van der Waals surface area contributed by atoms with Gasteiger partial charge < -0.3 is 19.7 Å². The van der Waals surface area contributed by atoms with Gasteiger partial charge >= 0.3 is 0 Å². The molecule has 0 aliphatic carbocycles. The first-order valence-corrected chi connectivity index (χ1v) is 15.5. The van der Waals surface area contributed by atoms with Crippen molar-refractivity contribution >= 4 is 27.5 Å². The van der Waals surface area contributed by atoms with Crippen LogP contribution in [-0.4, -0.2) is 64.7 Å². The van der Waals surface area contributed by atoms with Crippen LogP contribution in [-0.2, 0) is 32.6 Å². The Morgan fingerprint density at radius 1 is 0.952 bits per heavy atom. The Bertz CT molecular complexity index is 1430. The van der Waals surface area contributed by atoms with Crippen molar-refractivity contribution in [1.82, 2.24) is 10.2 Å². The van der Waals surface area contributed by atoms with E-state index < -0.39 is 34.3 Å². The average molecular weight is 600 g/mol. The summed E-state index contributed by atoms with van der Waals surface area (Å²) in [5, 5.41) is 2.92. The number of amides is 2. The van der Waals surface area contributed by atoms with E-state index in [4.69, 9.17) is 9.47 Å². The Labute approximate surface area is 247 Å². The minimum atomic E-state index is -4.00. The topological polar surface area (TPSA) is 105 Å². The first-order chi connectivity index (χ1) is 20.1. The number of hydrogen-bond acceptors (Lipinski definition) is 6. The van der Waals surface area contributed by atoms with Crippen molar-refractivity contribution in [1.29, 1.82) is 0 Å². The number of carbonyl (C=O) groups is 2. The maximum Gasteiger partial charge on any atom is 0.244 e. The van der Waals surface area contributed by atoms with Gasteiger partial charge in [-0.3, -0.25) is 13.9 Å². The van der Waals surface area contributed by atoms with Gasteiger partial charge in [0.2, 0.25) is 21.8 Å². The third kappa shape index (κ3) is 8.94. The molecule has 1 unspecified atom stereocenters. The van der Waals surface area contributed by atoms with Crippen molar-refractivity contribution in [3.05, 3.63) is 89.7 Å². The second-order valence-corrected chi connectivity index (χ2v) is 11.7. The summed E-state index contributed by atoms with van der Waals surface area (Å²) in [6.45, 7) is 1.77. The molecule has 3 aromatic carbocycles. The summed E-state index contributed by atoms with van der Waals surface area (Å²) in [6.07, 6.45) is 2.80. The molecule has 3 rings (SSSR count). The SMILES string of the molecule is CCCCNC(=O)C(Cc1ccccc1)N(Cc1ccc(F)cc1)C(=O)CN(c1cc(OC)ccc1OC)S(C)(=O)=O. The van der Waals surface area contributed by atoms with E-state index in [1.165, 1.54) is 49.5 Å². The Hall–Kier alpha value is -4.12. The second kappa shape index (κ2) is 15.2. The molecule has 0 aliphatic heterocycles. The molecule has 0 aromatic heterocycles. The molecule has 0 saturated heterocycles. The van der Waals surface area contributed by atoms with Gasteiger partial charge in [0.15, 0.2) is 0 Å². The lowest BCUT2D eigenvalue weighted by Gasteiger charge is -2.33. The van der Waals surface area contributed by atoms with Crippen molar-refractivity contribution in [2.75, 3.05) is 37.9 Å². The fourth-order valence-electron chi connectivity index (χ4n) is 4.43. The predicted molar refractivity (Wildman–Crippen MR) is 161 cm³/mol. The molecule has 0 spiro atoms. The first kappa shape index (κ1) is 32.4. The Morgan fingerprint density at radius 3 is 2.24 bits per heavy atom. The Balaban J connectivity index is 2.08. The van der Waals surface area contributed by atoms with Gasteiger partial charge in [-0.25, -0.2) is 12.8 Å². The number of nitrogens with one attached hydrogen (secondary N) is 1. The summed E-state index contributed by atoms with van der Waals surface area (Å²) in [5.41, 5.74) is 1.51. The van der Waals surface area contributed by atoms with Crippen LogP contribution >= 0.6 is 0 Å². The number of carbonyl (C=O) groups excluding carboxylic acids is 2. The fourth-order valence-corrected chi connectivity index (χ4v) is 5.28. The first-order valence-electron chi connectivity index (χ1n) is 13.6. The quantitative estimate of drug-likeness (QED) is 0.263. The number of unbranched alkanes of at least 4 members (excludes halogenated alkanes) is 1. The van der Waals surface area contributed by atoms with Gasteiger partial charge in [-0.2, -0.15) is 0 Å². The molecule has 3 aromatic rings. The minimum Gasteiger partial charge on any atom is -0.497 e. The Morgan fingerprint density at radius 2 is 1.64 bits per heavy atom. The van der Waals surface area contributed by atoms with E-state index in [2.05, 4.69) is 5.32 Å². The zero-order chi connectivity index (χ0) is 30.7. The molecule has 0 heterocycles. The van der Waals surface area contributed by atoms with Crippen LogP contribution in [0, 0.1) is 5.82 Å². The molecule has 9 nitrogen and oxygen atoms in total. The third-order valence-electron chi connectivity index (χ3n) is 6.70. The summed E-state index contributed by atoms with van der Waals surface area (Å²) in [5.74, 6) is -0.846. The maximum atomic E-state index is 14.2. The average Bonchev–Trinajstić information content (AvgIpc) is 2.98. The molecule has 0 saturated carbocycles. The monoisotopic (exact) mass is 599 g/mol. The standard InChI is InChI=1S/C31H38FN3O6S/c1-5-6-18-33-31(37)28(19-23-10-8-7-9-11-23)34(21-24-12-14-25(32)15-13-24)30(36)22-35(42(4,38)39)27-20-26(40-2)16-17-29(27)41-3/h7-17,20,28H,5-6,18-19,21-22H2,1-4H3,(H,33,37). The molecule has 11 heteroatoms. The van der Waals surface area contributed by atoms with Crippen molar-refractivity contribution in [3.63, 3.8) is 0 Å². The molecule has 2 amide bonds. The summed E-state index contributed by atoms with van der Waals surface area (Å²) in [7, 11) is -1.17. The smallest absolute Gasteiger partial charge is 0.244 e. The zero-order valence-electron chi connectivity index (χ0n) is 24.4. The van der Waals surface area contributed by atoms with E-state index >= 15 is 0 Å². The van der Waals surface area contributed by atoms with Gasteiger partial charge in [0.1, 0.15) is 29.9 Å². The highest BCUT2D eigenvalue weighted by Gasteiger charge is 2.33.